The van der Waals surface area contributed by atoms with Gasteiger partial charge >= 0.3 is 0 Å². The normalized spacial score (nSPS) is 20.0. The second-order valence-corrected chi connectivity index (χ2v) is 7.01. The molecule has 1 amide bonds. The van der Waals surface area contributed by atoms with Crippen molar-refractivity contribution in [3.63, 3.8) is 0 Å². The topological polar surface area (TPSA) is 95.1 Å². The summed E-state index contributed by atoms with van der Waals surface area (Å²) in [4.78, 5) is 12.4. The molecule has 1 heterocycles. The van der Waals surface area contributed by atoms with Crippen molar-refractivity contribution in [2.24, 2.45) is 5.73 Å². The molecule has 1 aliphatic rings. The van der Waals surface area contributed by atoms with Crippen molar-refractivity contribution in [3.8, 4) is 5.75 Å². The van der Waals surface area contributed by atoms with E-state index in [1.54, 1.807) is 29.1 Å². The molecule has 26 heavy (non-hydrogen) atoms. The lowest BCUT2D eigenvalue weighted by Crippen LogP contribution is -2.28. The van der Waals surface area contributed by atoms with Gasteiger partial charge in [-0.3, -0.25) is 4.79 Å². The lowest BCUT2D eigenvalue weighted by molar-refractivity contribution is 0.102. The Balaban J connectivity index is 1.62. The Bertz CT molecular complexity index is 756. The van der Waals surface area contributed by atoms with E-state index in [9.17, 15) is 4.79 Å². The number of rotatable bonds is 6. The molecular weight excluding hydrogens is 354 g/mol. The quantitative estimate of drug-likeness (QED) is 0.804. The van der Waals surface area contributed by atoms with Crippen LogP contribution < -0.4 is 15.8 Å². The molecule has 1 saturated carbocycles. The van der Waals surface area contributed by atoms with E-state index in [1.807, 2.05) is 6.92 Å². The number of hydrogen-bond donors (Lipinski definition) is 2. The molecule has 1 aromatic carbocycles. The maximum absolute atomic E-state index is 12.4. The minimum atomic E-state index is -0.318. The zero-order chi connectivity index (χ0) is 18.5. The summed E-state index contributed by atoms with van der Waals surface area (Å²) in [6, 6.07) is 5.69. The van der Waals surface area contributed by atoms with Crippen LogP contribution in [0.1, 0.15) is 55.6 Å². The number of hydrogen-bond acceptors (Lipinski definition) is 5. The number of carbonyl (C=O) groups is 1. The first-order valence-corrected chi connectivity index (χ1v) is 9.35. The molecule has 3 rings (SSSR count). The number of anilines is 1. The molecule has 2 aromatic rings. The summed E-state index contributed by atoms with van der Waals surface area (Å²) in [6.45, 7) is 2.62. The fraction of sp³-hybridized carbons (Fsp3) is 0.500. The molecule has 1 aromatic heterocycles. The summed E-state index contributed by atoms with van der Waals surface area (Å²) in [5, 5.41) is 11.4. The van der Waals surface area contributed by atoms with Gasteiger partial charge in [0, 0.05) is 11.7 Å². The van der Waals surface area contributed by atoms with Gasteiger partial charge in [-0.25, -0.2) is 4.68 Å². The van der Waals surface area contributed by atoms with E-state index in [0.29, 0.717) is 23.1 Å². The van der Waals surface area contributed by atoms with E-state index >= 15 is 0 Å². The molecule has 1 fully saturated rings. The number of amides is 1. The Kier molecular flexibility index (Phi) is 6.11. The Morgan fingerprint density at radius 1 is 1.38 bits per heavy atom. The van der Waals surface area contributed by atoms with Gasteiger partial charge in [-0.2, -0.15) is 0 Å². The highest BCUT2D eigenvalue weighted by atomic mass is 35.5. The Labute approximate surface area is 157 Å². The number of aromatic nitrogens is 3. The molecule has 0 bridgehead atoms. The highest BCUT2D eigenvalue weighted by Crippen LogP contribution is 2.29. The maximum atomic E-state index is 12.4. The van der Waals surface area contributed by atoms with Crippen LogP contribution >= 0.6 is 11.6 Å². The van der Waals surface area contributed by atoms with Crippen molar-refractivity contribution in [2.45, 2.75) is 51.1 Å². The minimum absolute atomic E-state index is 0.258. The number of benzene rings is 1. The van der Waals surface area contributed by atoms with Crippen LogP contribution in [-0.4, -0.2) is 33.5 Å². The molecule has 140 valence electrons. The minimum Gasteiger partial charge on any atom is -0.492 e. The highest BCUT2D eigenvalue weighted by Gasteiger charge is 2.22. The SMILES string of the molecule is CCCOc1ccc(NC(=O)c2cn(C3CCC(N)CC3)nn2)cc1Cl. The first-order valence-electron chi connectivity index (χ1n) is 8.98. The van der Waals surface area contributed by atoms with Crippen LogP contribution in [0.4, 0.5) is 5.69 Å². The summed E-state index contributed by atoms with van der Waals surface area (Å²) in [5.74, 6) is 0.287. The Morgan fingerprint density at radius 3 is 2.85 bits per heavy atom. The van der Waals surface area contributed by atoms with Gasteiger partial charge in [-0.15, -0.1) is 5.10 Å². The number of nitrogens with two attached hydrogens (primary N) is 1. The third-order valence-electron chi connectivity index (χ3n) is 4.51. The van der Waals surface area contributed by atoms with Crippen molar-refractivity contribution < 1.29 is 9.53 Å². The van der Waals surface area contributed by atoms with E-state index in [4.69, 9.17) is 22.1 Å². The molecule has 3 N–H and O–H groups in total. The van der Waals surface area contributed by atoms with Crippen molar-refractivity contribution in [1.29, 1.82) is 0 Å². The molecule has 8 heteroatoms. The van der Waals surface area contributed by atoms with Gasteiger partial charge < -0.3 is 15.8 Å². The molecular formula is C18H24ClN5O2. The highest BCUT2D eigenvalue weighted by molar-refractivity contribution is 6.32. The van der Waals surface area contributed by atoms with Crippen molar-refractivity contribution in [2.75, 3.05) is 11.9 Å². The summed E-state index contributed by atoms with van der Waals surface area (Å²) in [5.41, 5.74) is 6.80. The van der Waals surface area contributed by atoms with Gasteiger partial charge in [-0.1, -0.05) is 23.7 Å². The van der Waals surface area contributed by atoms with Crippen LogP contribution in [0, 0.1) is 0 Å². The van der Waals surface area contributed by atoms with Gasteiger partial charge in [0.2, 0.25) is 0 Å². The molecule has 0 aliphatic heterocycles. The van der Waals surface area contributed by atoms with Crippen LogP contribution in [0.25, 0.3) is 0 Å². The summed E-state index contributed by atoms with van der Waals surface area (Å²) >= 11 is 6.19. The monoisotopic (exact) mass is 377 g/mol. The first kappa shape index (κ1) is 18.7. The smallest absolute Gasteiger partial charge is 0.277 e. The summed E-state index contributed by atoms with van der Waals surface area (Å²) in [6.07, 6.45) is 6.45. The molecule has 0 unspecified atom stereocenters. The van der Waals surface area contributed by atoms with Crippen LogP contribution in [0.2, 0.25) is 5.02 Å². The predicted molar refractivity (Wildman–Crippen MR) is 101 cm³/mol. The molecule has 0 saturated heterocycles. The number of nitrogens with zero attached hydrogens (tertiary/aromatic N) is 3. The maximum Gasteiger partial charge on any atom is 0.277 e. The van der Waals surface area contributed by atoms with E-state index in [0.717, 1.165) is 32.1 Å². The number of halogens is 1. The summed E-state index contributed by atoms with van der Waals surface area (Å²) in [7, 11) is 0. The Hall–Kier alpha value is -2.12. The van der Waals surface area contributed by atoms with Crippen molar-refractivity contribution in [3.05, 3.63) is 35.1 Å². The van der Waals surface area contributed by atoms with Crippen LogP contribution in [-0.2, 0) is 0 Å². The van der Waals surface area contributed by atoms with Gasteiger partial charge in [0.05, 0.1) is 23.9 Å². The van der Waals surface area contributed by atoms with Crippen molar-refractivity contribution in [1.82, 2.24) is 15.0 Å². The van der Waals surface area contributed by atoms with Crippen LogP contribution in [0.15, 0.2) is 24.4 Å². The van der Waals surface area contributed by atoms with Crippen LogP contribution in [0.5, 0.6) is 5.75 Å². The molecule has 1 aliphatic carbocycles. The zero-order valence-corrected chi connectivity index (χ0v) is 15.6. The van der Waals surface area contributed by atoms with Crippen LogP contribution in [0.3, 0.4) is 0 Å². The predicted octanol–water partition coefficient (Wildman–Crippen LogP) is 3.42. The van der Waals surface area contributed by atoms with E-state index in [-0.39, 0.29) is 23.7 Å². The third kappa shape index (κ3) is 4.53. The average molecular weight is 378 g/mol. The number of carbonyl (C=O) groups excluding carboxylic acids is 1. The van der Waals surface area contributed by atoms with Gasteiger partial charge in [0.1, 0.15) is 5.75 Å². The zero-order valence-electron chi connectivity index (χ0n) is 14.8. The van der Waals surface area contributed by atoms with Crippen molar-refractivity contribution >= 4 is 23.2 Å². The lowest BCUT2D eigenvalue weighted by atomic mass is 9.92. The first-order chi connectivity index (χ1) is 12.6. The fourth-order valence-corrected chi connectivity index (χ4v) is 3.26. The van der Waals surface area contributed by atoms with E-state index in [2.05, 4.69) is 15.6 Å². The molecule has 0 radical (unpaired) electrons. The standard InChI is InChI=1S/C18H24ClN5O2/c1-2-9-26-17-8-5-13(10-15(17)19)21-18(25)16-11-24(23-22-16)14-6-3-12(20)4-7-14/h5,8,10-12,14H,2-4,6-7,9,20H2,1H3,(H,21,25). The largest absolute Gasteiger partial charge is 0.492 e. The van der Waals surface area contributed by atoms with Gasteiger partial charge in [0.15, 0.2) is 5.69 Å². The van der Waals surface area contributed by atoms with E-state index < -0.39 is 0 Å². The molecule has 7 nitrogen and oxygen atoms in total. The number of ether oxygens (including phenoxy) is 1. The second kappa shape index (κ2) is 8.51. The summed E-state index contributed by atoms with van der Waals surface area (Å²) < 4.78 is 7.30. The molecule has 0 spiro atoms. The average Bonchev–Trinajstić information content (AvgIpc) is 3.12. The fourth-order valence-electron chi connectivity index (χ4n) is 3.03. The van der Waals surface area contributed by atoms with Gasteiger partial charge in [0.25, 0.3) is 5.91 Å². The second-order valence-electron chi connectivity index (χ2n) is 6.60. The third-order valence-corrected chi connectivity index (χ3v) is 4.81. The lowest BCUT2D eigenvalue weighted by Gasteiger charge is -2.25. The Morgan fingerprint density at radius 2 is 2.15 bits per heavy atom. The molecule has 0 atom stereocenters. The van der Waals surface area contributed by atoms with E-state index in [1.165, 1.54) is 0 Å². The van der Waals surface area contributed by atoms with Gasteiger partial charge in [-0.05, 0) is 50.3 Å². The number of nitrogens with one attached hydrogen (secondary N) is 1.